The topological polar surface area (TPSA) is 102 Å². The van der Waals surface area contributed by atoms with Crippen molar-refractivity contribution in [3.63, 3.8) is 0 Å². The van der Waals surface area contributed by atoms with Gasteiger partial charge in [-0.15, -0.1) is 10.2 Å². The molecule has 0 radical (unpaired) electrons. The third-order valence-corrected chi connectivity index (χ3v) is 8.97. The van der Waals surface area contributed by atoms with E-state index in [-0.39, 0.29) is 23.1 Å². The third kappa shape index (κ3) is 6.61. The van der Waals surface area contributed by atoms with E-state index in [1.165, 1.54) is 33.6 Å². The van der Waals surface area contributed by atoms with Crippen LogP contribution in [0, 0.1) is 6.92 Å². The summed E-state index contributed by atoms with van der Waals surface area (Å²) in [4.78, 5) is 28.5. The number of thioether (sulfide) groups is 1. The first-order chi connectivity index (χ1) is 20.8. The predicted octanol–water partition coefficient (Wildman–Crippen LogP) is 7.38. The molecule has 11 heteroatoms. The fraction of sp³-hybridized carbons (Fsp3) is 0.188. The number of carbonyl (C=O) groups is 2. The number of aliphatic hydroxyl groups is 1. The van der Waals surface area contributed by atoms with E-state index in [0.717, 1.165) is 5.56 Å². The van der Waals surface area contributed by atoms with Crippen LogP contribution in [-0.4, -0.2) is 40.2 Å². The van der Waals surface area contributed by atoms with Crippen LogP contribution in [0.2, 0.25) is 5.02 Å². The molecule has 1 atom stereocenters. The van der Waals surface area contributed by atoms with Crippen LogP contribution in [0.5, 0.6) is 11.5 Å². The lowest BCUT2D eigenvalue weighted by Crippen LogP contribution is -2.29. The number of hydrogen-bond donors (Lipinski definition) is 1. The number of benzene rings is 3. The van der Waals surface area contributed by atoms with Crippen molar-refractivity contribution < 1.29 is 24.2 Å². The predicted molar refractivity (Wildman–Crippen MR) is 170 cm³/mol. The molecular weight excluding hydrogens is 606 g/mol. The first-order valence-electron chi connectivity index (χ1n) is 13.4. The number of ether oxygens (including phenoxy) is 2. The second kappa shape index (κ2) is 13.5. The number of hydrogen-bond acceptors (Lipinski definition) is 9. The van der Waals surface area contributed by atoms with E-state index in [4.69, 9.17) is 21.1 Å². The molecule has 0 saturated carbocycles. The normalized spacial score (nSPS) is 16.0. The molecule has 1 aliphatic rings. The summed E-state index contributed by atoms with van der Waals surface area (Å²) in [6, 6.07) is 18.7. The Kier molecular flexibility index (Phi) is 9.49. The summed E-state index contributed by atoms with van der Waals surface area (Å²) >= 11 is 8.74. The van der Waals surface area contributed by atoms with Crippen molar-refractivity contribution in [1.29, 1.82) is 0 Å². The molecule has 1 N–H and O–H groups in total. The number of aromatic nitrogens is 2. The fourth-order valence-corrected chi connectivity index (χ4v) is 6.48. The van der Waals surface area contributed by atoms with Gasteiger partial charge in [-0.2, -0.15) is 0 Å². The summed E-state index contributed by atoms with van der Waals surface area (Å²) in [5.74, 6) is -0.428. The van der Waals surface area contributed by atoms with Crippen molar-refractivity contribution in [2.75, 3.05) is 18.1 Å². The lowest BCUT2D eigenvalue weighted by atomic mass is 9.95. The molecule has 8 nitrogen and oxygen atoms in total. The van der Waals surface area contributed by atoms with Gasteiger partial charge in [0.25, 0.3) is 5.78 Å². The van der Waals surface area contributed by atoms with Gasteiger partial charge < -0.3 is 14.6 Å². The van der Waals surface area contributed by atoms with Crippen LogP contribution in [0.3, 0.4) is 0 Å². The smallest absolute Gasteiger partial charge is 0.301 e. The van der Waals surface area contributed by atoms with Gasteiger partial charge in [-0.25, -0.2) is 0 Å². The Balaban J connectivity index is 1.57. The maximum absolute atomic E-state index is 13.6. The Labute approximate surface area is 262 Å². The molecule has 5 rings (SSSR count). The number of carbonyl (C=O) groups excluding carboxylic acids is 2. The van der Waals surface area contributed by atoms with Crippen molar-refractivity contribution in [2.45, 2.75) is 30.0 Å². The van der Waals surface area contributed by atoms with Gasteiger partial charge >= 0.3 is 5.91 Å². The summed E-state index contributed by atoms with van der Waals surface area (Å²) in [5, 5.41) is 20.7. The molecule has 0 bridgehead atoms. The van der Waals surface area contributed by atoms with Crippen molar-refractivity contribution in [1.82, 2.24) is 10.2 Å². The molecule has 0 spiro atoms. The number of Topliss-reactive ketones (excluding diaryl/α,β-unsaturated/α-hetero) is 1. The van der Waals surface area contributed by atoms with E-state index in [0.29, 0.717) is 44.3 Å². The number of halogens is 1. The van der Waals surface area contributed by atoms with Crippen LogP contribution < -0.4 is 14.4 Å². The van der Waals surface area contributed by atoms with E-state index >= 15 is 0 Å². The molecule has 1 saturated heterocycles. The maximum Gasteiger partial charge on any atom is 0.301 e. The van der Waals surface area contributed by atoms with Crippen LogP contribution >= 0.6 is 34.7 Å². The number of nitrogens with zero attached hydrogens (tertiary/aromatic N) is 3. The maximum atomic E-state index is 13.6. The highest BCUT2D eigenvalue weighted by atomic mass is 35.5. The molecule has 4 aromatic rings. The zero-order valence-electron chi connectivity index (χ0n) is 23.5. The molecule has 2 heterocycles. The monoisotopic (exact) mass is 633 g/mol. The number of aliphatic hydroxyl groups excluding tert-OH is 1. The summed E-state index contributed by atoms with van der Waals surface area (Å²) in [6.07, 6.45) is 1.62. The molecular formula is C32H28ClN3O5S2. The lowest BCUT2D eigenvalue weighted by molar-refractivity contribution is -0.132. The van der Waals surface area contributed by atoms with Gasteiger partial charge in [0.1, 0.15) is 12.4 Å². The SMILES string of the molecule is C=CCOc1ccc(C2C(=C(O)c3ccc(Cl)cc3)C(=O)C(=O)N2c2nnc(SCc3ccc(C)cc3)s2)cc1OCC. The van der Waals surface area contributed by atoms with Crippen LogP contribution in [0.15, 0.2) is 89.3 Å². The summed E-state index contributed by atoms with van der Waals surface area (Å²) < 4.78 is 12.2. The second-order valence-corrected chi connectivity index (χ2v) is 12.2. The van der Waals surface area contributed by atoms with Crippen LogP contribution in [0.1, 0.15) is 35.2 Å². The zero-order valence-corrected chi connectivity index (χ0v) is 25.8. The standard InChI is InChI=1S/C32H28ClN3O5S2/c1-4-16-41-24-15-12-22(17-25(24)40-5-2)27-26(28(37)21-10-13-23(33)14-11-21)29(38)30(39)36(27)31-34-35-32(43-31)42-18-20-8-6-19(3)7-9-20/h4,6-15,17,27,37H,1,5,16,18H2,2-3H3. The van der Waals surface area contributed by atoms with Crippen LogP contribution in [0.25, 0.3) is 5.76 Å². The Bertz CT molecular complexity index is 1690. The highest BCUT2D eigenvalue weighted by Gasteiger charge is 2.48. The zero-order chi connectivity index (χ0) is 30.5. The quantitative estimate of drug-likeness (QED) is 0.0456. The highest BCUT2D eigenvalue weighted by Crippen LogP contribution is 2.45. The number of amides is 1. The fourth-order valence-electron chi connectivity index (χ4n) is 4.53. The average molecular weight is 634 g/mol. The highest BCUT2D eigenvalue weighted by molar-refractivity contribution is 8.00. The van der Waals surface area contributed by atoms with Crippen molar-refractivity contribution in [2.24, 2.45) is 0 Å². The van der Waals surface area contributed by atoms with Gasteiger partial charge in [0, 0.05) is 16.3 Å². The molecule has 1 aromatic heterocycles. The first kappa shape index (κ1) is 30.3. The number of aryl methyl sites for hydroxylation is 1. The molecule has 1 aliphatic heterocycles. The van der Waals surface area contributed by atoms with E-state index in [2.05, 4.69) is 28.9 Å². The second-order valence-electron chi connectivity index (χ2n) is 9.54. The van der Waals surface area contributed by atoms with Gasteiger partial charge in [-0.3, -0.25) is 14.5 Å². The summed E-state index contributed by atoms with van der Waals surface area (Å²) in [5.41, 5.74) is 3.08. The van der Waals surface area contributed by atoms with Gasteiger partial charge in [0.15, 0.2) is 15.8 Å². The molecule has 1 amide bonds. The van der Waals surface area contributed by atoms with Gasteiger partial charge in [-0.05, 0) is 61.4 Å². The number of ketones is 1. The molecule has 3 aromatic carbocycles. The van der Waals surface area contributed by atoms with E-state index in [9.17, 15) is 14.7 Å². The van der Waals surface area contributed by atoms with Gasteiger partial charge in [0.05, 0.1) is 18.2 Å². The number of rotatable bonds is 11. The first-order valence-corrected chi connectivity index (χ1v) is 15.6. The lowest BCUT2D eigenvalue weighted by Gasteiger charge is -2.23. The van der Waals surface area contributed by atoms with Crippen molar-refractivity contribution in [3.05, 3.63) is 112 Å². The van der Waals surface area contributed by atoms with Gasteiger partial charge in [0.2, 0.25) is 5.13 Å². The number of anilines is 1. The third-order valence-electron chi connectivity index (χ3n) is 6.59. The molecule has 1 unspecified atom stereocenters. The Morgan fingerprint density at radius 3 is 2.51 bits per heavy atom. The van der Waals surface area contributed by atoms with Crippen LogP contribution in [0.4, 0.5) is 5.13 Å². The Morgan fingerprint density at radius 1 is 1.07 bits per heavy atom. The average Bonchev–Trinajstić information content (AvgIpc) is 3.58. The van der Waals surface area contributed by atoms with E-state index in [1.54, 1.807) is 48.5 Å². The minimum atomic E-state index is -1.01. The Morgan fingerprint density at radius 2 is 1.81 bits per heavy atom. The molecule has 1 fully saturated rings. The van der Waals surface area contributed by atoms with E-state index < -0.39 is 17.7 Å². The molecule has 0 aliphatic carbocycles. The minimum absolute atomic E-state index is 0.0846. The molecule has 43 heavy (non-hydrogen) atoms. The van der Waals surface area contributed by atoms with Crippen LogP contribution in [-0.2, 0) is 15.3 Å². The van der Waals surface area contributed by atoms with E-state index in [1.807, 2.05) is 26.0 Å². The summed E-state index contributed by atoms with van der Waals surface area (Å²) in [7, 11) is 0. The summed E-state index contributed by atoms with van der Waals surface area (Å²) in [6.45, 7) is 8.19. The molecule has 220 valence electrons. The van der Waals surface area contributed by atoms with Crippen molar-refractivity contribution in [3.8, 4) is 11.5 Å². The Hall–Kier alpha value is -4.12. The van der Waals surface area contributed by atoms with Crippen molar-refractivity contribution >= 4 is 57.3 Å². The van der Waals surface area contributed by atoms with Gasteiger partial charge in [-0.1, -0.05) is 83.2 Å². The minimum Gasteiger partial charge on any atom is -0.507 e. The largest absolute Gasteiger partial charge is 0.507 e.